The van der Waals surface area contributed by atoms with Gasteiger partial charge in [0.05, 0.1) is 20.1 Å². The minimum atomic E-state index is -1.10. The van der Waals surface area contributed by atoms with Crippen LogP contribution in [0.25, 0.3) is 11.0 Å². The number of nitrogens with zero attached hydrogens (tertiary/aromatic N) is 2. The van der Waals surface area contributed by atoms with Gasteiger partial charge in [-0.1, -0.05) is 0 Å². The van der Waals surface area contributed by atoms with Crippen molar-refractivity contribution in [2.45, 2.75) is 19.4 Å². The predicted molar refractivity (Wildman–Crippen MR) is 137 cm³/mol. The molecular weight excluding hydrogens is 478 g/mol. The fourth-order valence-electron chi connectivity index (χ4n) is 4.40. The van der Waals surface area contributed by atoms with Gasteiger partial charge in [0.1, 0.15) is 17.4 Å². The number of fused-ring (bicyclic) bond motifs is 1. The summed E-state index contributed by atoms with van der Waals surface area (Å²) in [5.74, 6) is -0.358. The Kier molecular flexibility index (Phi) is 7.88. The Morgan fingerprint density at radius 2 is 1.76 bits per heavy atom. The number of piperazine rings is 1. The number of rotatable bonds is 8. The molecule has 0 aliphatic carbocycles. The number of hydrogen-bond acceptors (Lipinski definition) is 8. The van der Waals surface area contributed by atoms with Crippen LogP contribution in [0.3, 0.4) is 0 Å². The van der Waals surface area contributed by atoms with Gasteiger partial charge >= 0.3 is 5.63 Å². The number of nitrogens with one attached hydrogen (secondary N) is 1. The van der Waals surface area contributed by atoms with Crippen LogP contribution in [0.1, 0.15) is 22.8 Å². The van der Waals surface area contributed by atoms with E-state index in [1.165, 1.54) is 20.1 Å². The van der Waals surface area contributed by atoms with E-state index in [1.807, 2.05) is 12.1 Å². The summed E-state index contributed by atoms with van der Waals surface area (Å²) in [4.78, 5) is 53.0. The molecule has 194 valence electrons. The van der Waals surface area contributed by atoms with Crippen LogP contribution in [0.4, 0.5) is 5.69 Å². The Balaban J connectivity index is 1.37. The number of anilines is 1. The summed E-state index contributed by atoms with van der Waals surface area (Å²) >= 11 is 0. The minimum Gasteiger partial charge on any atom is -0.497 e. The quantitative estimate of drug-likeness (QED) is 0.346. The van der Waals surface area contributed by atoms with Crippen LogP contribution in [-0.4, -0.2) is 73.5 Å². The number of hydrogen-bond donors (Lipinski definition) is 2. The number of amides is 2. The molecule has 3 aromatic rings. The fraction of sp³-hybridized carbons (Fsp3) is 0.333. The van der Waals surface area contributed by atoms with Crippen molar-refractivity contribution in [2.75, 3.05) is 44.8 Å². The van der Waals surface area contributed by atoms with E-state index in [1.54, 1.807) is 35.2 Å². The Bertz CT molecular complexity index is 1360. The SMILES string of the molecule is COc1ccc2c(CC(=O)N[C@@H](CO)C(=O)N3CCN(c4ccc(C(C)=O)cc4)CC3)cc(=O)oc2c1. The highest BCUT2D eigenvalue weighted by Crippen LogP contribution is 2.23. The van der Waals surface area contributed by atoms with E-state index in [0.717, 1.165) is 5.69 Å². The van der Waals surface area contributed by atoms with Gasteiger partial charge < -0.3 is 29.4 Å². The molecular formula is C27H29N3O7. The monoisotopic (exact) mass is 507 g/mol. The zero-order chi connectivity index (χ0) is 26.5. The van der Waals surface area contributed by atoms with Crippen molar-refractivity contribution in [3.05, 3.63) is 70.1 Å². The van der Waals surface area contributed by atoms with Crippen LogP contribution >= 0.6 is 0 Å². The number of ketones is 1. The maximum absolute atomic E-state index is 13.0. The Morgan fingerprint density at radius 1 is 1.05 bits per heavy atom. The molecule has 1 atom stereocenters. The summed E-state index contributed by atoms with van der Waals surface area (Å²) in [7, 11) is 1.50. The van der Waals surface area contributed by atoms with Crippen molar-refractivity contribution in [3.8, 4) is 5.75 Å². The van der Waals surface area contributed by atoms with Crippen LogP contribution in [0.2, 0.25) is 0 Å². The van der Waals surface area contributed by atoms with E-state index in [-0.39, 0.29) is 18.1 Å². The molecule has 0 radical (unpaired) electrons. The number of benzene rings is 2. The highest BCUT2D eigenvalue weighted by atomic mass is 16.5. The molecule has 2 amide bonds. The van der Waals surface area contributed by atoms with Crippen LogP contribution in [0, 0.1) is 0 Å². The lowest BCUT2D eigenvalue weighted by molar-refractivity contribution is -0.137. The number of aliphatic hydroxyl groups is 1. The number of carbonyl (C=O) groups excluding carboxylic acids is 3. The molecule has 2 heterocycles. The maximum Gasteiger partial charge on any atom is 0.336 e. The molecule has 10 heteroatoms. The zero-order valence-electron chi connectivity index (χ0n) is 20.7. The second kappa shape index (κ2) is 11.3. The number of aliphatic hydroxyl groups excluding tert-OH is 1. The summed E-state index contributed by atoms with van der Waals surface area (Å²) in [6.07, 6.45) is -0.164. The Morgan fingerprint density at radius 3 is 2.38 bits per heavy atom. The lowest BCUT2D eigenvalue weighted by Gasteiger charge is -2.37. The van der Waals surface area contributed by atoms with Crippen molar-refractivity contribution < 1.29 is 28.6 Å². The van der Waals surface area contributed by atoms with E-state index >= 15 is 0 Å². The summed E-state index contributed by atoms with van der Waals surface area (Å²) < 4.78 is 10.4. The first-order valence-electron chi connectivity index (χ1n) is 11.9. The third-order valence-electron chi connectivity index (χ3n) is 6.43. The Hall–Kier alpha value is -4.18. The molecule has 0 bridgehead atoms. The normalized spacial score (nSPS) is 14.4. The van der Waals surface area contributed by atoms with Crippen LogP contribution in [0.5, 0.6) is 5.75 Å². The van der Waals surface area contributed by atoms with E-state index in [4.69, 9.17) is 9.15 Å². The molecule has 1 saturated heterocycles. The topological polar surface area (TPSA) is 129 Å². The number of ether oxygens (including phenoxy) is 1. The largest absolute Gasteiger partial charge is 0.497 e. The maximum atomic E-state index is 13.0. The molecule has 4 rings (SSSR count). The van der Waals surface area contributed by atoms with E-state index in [9.17, 15) is 24.3 Å². The number of Topliss-reactive ketones (excluding diaryl/α,β-unsaturated/α-hetero) is 1. The van der Waals surface area contributed by atoms with Gasteiger partial charge in [-0.15, -0.1) is 0 Å². The van der Waals surface area contributed by atoms with Gasteiger partial charge in [-0.25, -0.2) is 4.79 Å². The van der Waals surface area contributed by atoms with E-state index in [2.05, 4.69) is 10.2 Å². The highest BCUT2D eigenvalue weighted by Gasteiger charge is 2.28. The number of methoxy groups -OCH3 is 1. The molecule has 1 aromatic heterocycles. The van der Waals surface area contributed by atoms with E-state index < -0.39 is 24.2 Å². The summed E-state index contributed by atoms with van der Waals surface area (Å²) in [6.45, 7) is 2.97. The molecule has 2 N–H and O–H groups in total. The molecule has 0 saturated carbocycles. The lowest BCUT2D eigenvalue weighted by Crippen LogP contribution is -2.56. The van der Waals surface area contributed by atoms with Crippen LogP contribution in [-0.2, 0) is 16.0 Å². The molecule has 1 fully saturated rings. The van der Waals surface area contributed by atoms with Gasteiger partial charge in [-0.3, -0.25) is 14.4 Å². The predicted octanol–water partition coefficient (Wildman–Crippen LogP) is 1.37. The van der Waals surface area contributed by atoms with Crippen LogP contribution in [0.15, 0.2) is 57.7 Å². The molecule has 1 aliphatic heterocycles. The zero-order valence-corrected chi connectivity index (χ0v) is 20.7. The van der Waals surface area contributed by atoms with Gasteiger partial charge in [-0.2, -0.15) is 0 Å². The minimum absolute atomic E-state index is 0.00297. The molecule has 37 heavy (non-hydrogen) atoms. The van der Waals surface area contributed by atoms with Crippen molar-refractivity contribution in [1.82, 2.24) is 10.2 Å². The fourth-order valence-corrected chi connectivity index (χ4v) is 4.40. The first-order chi connectivity index (χ1) is 17.8. The first-order valence-corrected chi connectivity index (χ1v) is 11.9. The van der Waals surface area contributed by atoms with Crippen molar-refractivity contribution in [1.29, 1.82) is 0 Å². The smallest absolute Gasteiger partial charge is 0.336 e. The van der Waals surface area contributed by atoms with Crippen molar-refractivity contribution in [2.24, 2.45) is 0 Å². The van der Waals surface area contributed by atoms with Gasteiger partial charge in [0, 0.05) is 54.9 Å². The van der Waals surface area contributed by atoms with Crippen molar-refractivity contribution >= 4 is 34.3 Å². The van der Waals surface area contributed by atoms with Crippen LogP contribution < -0.4 is 20.6 Å². The second-order valence-electron chi connectivity index (χ2n) is 8.85. The molecule has 1 aliphatic rings. The van der Waals surface area contributed by atoms with Gasteiger partial charge in [0.2, 0.25) is 11.8 Å². The Labute approximate surface area is 213 Å². The second-order valence-corrected chi connectivity index (χ2v) is 8.85. The molecule has 10 nitrogen and oxygen atoms in total. The summed E-state index contributed by atoms with van der Waals surface area (Å²) in [5, 5.41) is 13.0. The standard InChI is InChI=1S/C27H29N3O7/c1-17(32)18-3-5-20(6-4-18)29-9-11-30(12-10-29)27(35)23(16-31)28-25(33)13-19-14-26(34)37-24-15-21(36-2)7-8-22(19)24/h3-8,14-15,23,31H,9-13,16H2,1-2H3,(H,28,33)/t23-/m0/s1. The van der Waals surface area contributed by atoms with Gasteiger partial charge in [0.25, 0.3) is 0 Å². The molecule has 2 aromatic carbocycles. The summed E-state index contributed by atoms with van der Waals surface area (Å²) in [5.41, 5.74) is 1.73. The first kappa shape index (κ1) is 25.9. The highest BCUT2D eigenvalue weighted by molar-refractivity contribution is 5.94. The molecule has 0 unspecified atom stereocenters. The average Bonchev–Trinajstić information content (AvgIpc) is 2.91. The van der Waals surface area contributed by atoms with Crippen molar-refractivity contribution in [3.63, 3.8) is 0 Å². The molecule has 0 spiro atoms. The average molecular weight is 508 g/mol. The third kappa shape index (κ3) is 5.97. The van der Waals surface area contributed by atoms with Gasteiger partial charge in [0.15, 0.2) is 5.78 Å². The van der Waals surface area contributed by atoms with E-state index in [0.29, 0.717) is 54.0 Å². The number of carbonyl (C=O) groups is 3. The lowest BCUT2D eigenvalue weighted by atomic mass is 10.1. The summed E-state index contributed by atoms with van der Waals surface area (Å²) in [6, 6.07) is 12.4. The third-order valence-corrected chi connectivity index (χ3v) is 6.43. The van der Waals surface area contributed by atoms with Gasteiger partial charge in [-0.05, 0) is 48.9 Å².